The first-order valence-corrected chi connectivity index (χ1v) is 9.64. The zero-order valence-corrected chi connectivity index (χ0v) is 16.0. The fourth-order valence-electron chi connectivity index (χ4n) is 3.34. The Morgan fingerprint density at radius 3 is 2.76 bits per heavy atom. The van der Waals surface area contributed by atoms with E-state index in [0.29, 0.717) is 0 Å². The summed E-state index contributed by atoms with van der Waals surface area (Å²) in [6.07, 6.45) is 5.01. The number of nitrogens with one attached hydrogen (secondary N) is 1. The first-order valence-electron chi connectivity index (χ1n) is 9.24. The summed E-state index contributed by atoms with van der Waals surface area (Å²) in [6, 6.07) is 0. The van der Waals surface area contributed by atoms with E-state index in [4.69, 9.17) is 17.0 Å². The third-order valence-electron chi connectivity index (χ3n) is 4.97. The molecule has 2 aliphatic rings. The number of rotatable bonds is 5. The van der Waals surface area contributed by atoms with E-state index in [9.17, 15) is 0 Å². The number of ether oxygens (including phenoxy) is 1. The summed E-state index contributed by atoms with van der Waals surface area (Å²) >= 11 is 5.61. The van der Waals surface area contributed by atoms with E-state index in [0.717, 1.165) is 89.5 Å². The summed E-state index contributed by atoms with van der Waals surface area (Å²) in [7, 11) is 2.06. The minimum absolute atomic E-state index is 0.850. The lowest BCUT2D eigenvalue weighted by Crippen LogP contribution is -2.46. The lowest BCUT2D eigenvalue weighted by atomic mass is 10.4. The Morgan fingerprint density at radius 1 is 1.16 bits per heavy atom. The molecule has 1 aromatic heterocycles. The Bertz CT molecular complexity index is 545. The van der Waals surface area contributed by atoms with Gasteiger partial charge in [0.05, 0.1) is 19.8 Å². The van der Waals surface area contributed by atoms with Crippen molar-refractivity contribution in [2.24, 2.45) is 7.05 Å². The highest BCUT2D eigenvalue weighted by Crippen LogP contribution is 2.08. The molecule has 1 aromatic rings. The second-order valence-electron chi connectivity index (χ2n) is 6.76. The van der Waals surface area contributed by atoms with E-state index in [2.05, 4.69) is 36.6 Å². The van der Waals surface area contributed by atoms with Crippen molar-refractivity contribution in [2.45, 2.75) is 13.0 Å². The highest BCUT2D eigenvalue weighted by atomic mass is 32.1. The van der Waals surface area contributed by atoms with Gasteiger partial charge in [0.2, 0.25) is 0 Å². The van der Waals surface area contributed by atoms with Crippen LogP contribution >= 0.6 is 12.2 Å². The van der Waals surface area contributed by atoms with Gasteiger partial charge in [-0.25, -0.2) is 4.98 Å². The van der Waals surface area contributed by atoms with Crippen molar-refractivity contribution in [3.05, 3.63) is 18.2 Å². The summed E-state index contributed by atoms with van der Waals surface area (Å²) < 4.78 is 7.48. The van der Waals surface area contributed by atoms with Gasteiger partial charge in [0.15, 0.2) is 5.11 Å². The molecular weight excluding hydrogens is 336 g/mol. The van der Waals surface area contributed by atoms with Crippen LogP contribution in [0.1, 0.15) is 12.2 Å². The average Bonchev–Trinajstić information content (AvgIpc) is 2.89. The molecule has 3 rings (SSSR count). The van der Waals surface area contributed by atoms with Crippen LogP contribution < -0.4 is 5.32 Å². The van der Waals surface area contributed by atoms with E-state index < -0.39 is 0 Å². The molecule has 2 fully saturated rings. The van der Waals surface area contributed by atoms with Gasteiger partial charge >= 0.3 is 0 Å². The van der Waals surface area contributed by atoms with E-state index in [1.165, 1.54) is 0 Å². The van der Waals surface area contributed by atoms with Gasteiger partial charge in [-0.2, -0.15) is 0 Å². The lowest BCUT2D eigenvalue weighted by molar-refractivity contribution is 0.0389. The number of hydrogen-bond donors (Lipinski definition) is 1. The Labute approximate surface area is 155 Å². The first kappa shape index (κ1) is 18.6. The topological polar surface area (TPSA) is 48.8 Å². The molecule has 0 amide bonds. The van der Waals surface area contributed by atoms with Crippen molar-refractivity contribution in [3.8, 4) is 0 Å². The predicted octanol–water partition coefficient (Wildman–Crippen LogP) is 0.135. The quantitative estimate of drug-likeness (QED) is 0.744. The highest BCUT2D eigenvalue weighted by Gasteiger charge is 2.18. The molecule has 140 valence electrons. The molecule has 2 saturated heterocycles. The highest BCUT2D eigenvalue weighted by molar-refractivity contribution is 7.80. The van der Waals surface area contributed by atoms with Gasteiger partial charge in [0.25, 0.3) is 0 Å². The third kappa shape index (κ3) is 5.64. The second kappa shape index (κ2) is 9.47. The largest absolute Gasteiger partial charge is 0.379 e. The third-order valence-corrected chi connectivity index (χ3v) is 5.37. The van der Waals surface area contributed by atoms with Gasteiger partial charge in [-0.1, -0.05) is 0 Å². The molecule has 8 heteroatoms. The van der Waals surface area contributed by atoms with Gasteiger partial charge in [0.1, 0.15) is 5.82 Å². The smallest absolute Gasteiger partial charge is 0.169 e. The molecule has 0 saturated carbocycles. The molecule has 0 aromatic carbocycles. The fourth-order valence-corrected chi connectivity index (χ4v) is 3.62. The Balaban J connectivity index is 1.38. The van der Waals surface area contributed by atoms with Crippen molar-refractivity contribution in [2.75, 3.05) is 65.6 Å². The molecular formula is C17H30N6OS. The predicted molar refractivity (Wildman–Crippen MR) is 103 cm³/mol. The summed E-state index contributed by atoms with van der Waals surface area (Å²) in [6.45, 7) is 10.7. The minimum Gasteiger partial charge on any atom is -0.379 e. The summed E-state index contributed by atoms with van der Waals surface area (Å²) in [5.74, 6) is 1.12. The number of aryl methyl sites for hydroxylation is 1. The Hall–Kier alpha value is -1.22. The summed E-state index contributed by atoms with van der Waals surface area (Å²) in [5.41, 5.74) is 0. The molecule has 0 atom stereocenters. The second-order valence-corrected chi connectivity index (χ2v) is 7.14. The van der Waals surface area contributed by atoms with Crippen molar-refractivity contribution in [3.63, 3.8) is 0 Å². The van der Waals surface area contributed by atoms with Crippen LogP contribution in [0, 0.1) is 0 Å². The van der Waals surface area contributed by atoms with Crippen molar-refractivity contribution in [1.29, 1.82) is 0 Å². The van der Waals surface area contributed by atoms with E-state index >= 15 is 0 Å². The van der Waals surface area contributed by atoms with Crippen LogP contribution in [0.3, 0.4) is 0 Å². The molecule has 1 N–H and O–H groups in total. The van der Waals surface area contributed by atoms with Crippen LogP contribution in [0.15, 0.2) is 12.4 Å². The zero-order valence-electron chi connectivity index (χ0n) is 15.2. The van der Waals surface area contributed by atoms with E-state index in [1.54, 1.807) is 0 Å². The standard InChI is InChI=1S/C17H30N6OS/c1-20-7-3-18-16(20)15-22-5-2-6-23(10-9-22)17(25)19-4-8-21-11-13-24-14-12-21/h3,7H,2,4-6,8-15H2,1H3,(H,19,25). The van der Waals surface area contributed by atoms with Crippen molar-refractivity contribution < 1.29 is 4.74 Å². The van der Waals surface area contributed by atoms with Gasteiger partial charge in [-0.05, 0) is 18.6 Å². The Kier molecular flexibility index (Phi) is 7.03. The fraction of sp³-hybridized carbons (Fsp3) is 0.765. The Morgan fingerprint density at radius 2 is 2.00 bits per heavy atom. The maximum absolute atomic E-state index is 5.61. The zero-order chi connectivity index (χ0) is 17.5. The summed E-state index contributed by atoms with van der Waals surface area (Å²) in [5, 5.41) is 4.33. The molecule has 2 aliphatic heterocycles. The monoisotopic (exact) mass is 366 g/mol. The number of thiocarbonyl (C=S) groups is 1. The van der Waals surface area contributed by atoms with Gasteiger partial charge < -0.3 is 19.5 Å². The minimum atomic E-state index is 0.850. The van der Waals surface area contributed by atoms with Crippen LogP contribution in [0.2, 0.25) is 0 Å². The van der Waals surface area contributed by atoms with Gasteiger partial charge in [-0.3, -0.25) is 9.80 Å². The van der Waals surface area contributed by atoms with Gasteiger partial charge in [0, 0.05) is 71.8 Å². The van der Waals surface area contributed by atoms with Crippen LogP contribution in [-0.2, 0) is 18.3 Å². The van der Waals surface area contributed by atoms with Crippen molar-refractivity contribution >= 4 is 17.3 Å². The maximum Gasteiger partial charge on any atom is 0.169 e. The van der Waals surface area contributed by atoms with Crippen LogP contribution in [0.25, 0.3) is 0 Å². The van der Waals surface area contributed by atoms with E-state index in [1.807, 2.05) is 12.4 Å². The number of imidazole rings is 1. The van der Waals surface area contributed by atoms with Crippen molar-refractivity contribution in [1.82, 2.24) is 29.6 Å². The molecule has 0 aliphatic carbocycles. The number of nitrogens with zero attached hydrogens (tertiary/aromatic N) is 5. The molecule has 25 heavy (non-hydrogen) atoms. The first-order chi connectivity index (χ1) is 12.2. The van der Waals surface area contributed by atoms with E-state index in [-0.39, 0.29) is 0 Å². The maximum atomic E-state index is 5.61. The molecule has 0 spiro atoms. The van der Waals surface area contributed by atoms with Gasteiger partial charge in [-0.15, -0.1) is 0 Å². The molecule has 0 unspecified atom stereocenters. The number of morpholine rings is 1. The van der Waals surface area contributed by atoms with Crippen LogP contribution in [0.5, 0.6) is 0 Å². The van der Waals surface area contributed by atoms with Crippen LogP contribution in [-0.4, -0.2) is 94.9 Å². The average molecular weight is 367 g/mol. The van der Waals surface area contributed by atoms with Crippen LogP contribution in [0.4, 0.5) is 0 Å². The SMILES string of the molecule is Cn1ccnc1CN1CCCN(C(=S)NCCN2CCOCC2)CC1. The number of hydrogen-bond acceptors (Lipinski definition) is 5. The summed E-state index contributed by atoms with van der Waals surface area (Å²) in [4.78, 5) is 11.6. The molecule has 3 heterocycles. The molecule has 0 bridgehead atoms. The molecule has 0 radical (unpaired) electrons. The normalized spacial score (nSPS) is 20.4. The number of aromatic nitrogens is 2. The lowest BCUT2D eigenvalue weighted by Gasteiger charge is -2.28. The molecule has 7 nitrogen and oxygen atoms in total.